The van der Waals surface area contributed by atoms with Gasteiger partial charge in [-0.1, -0.05) is 60.1 Å². The summed E-state index contributed by atoms with van der Waals surface area (Å²) in [6.45, 7) is -0.494. The molecule has 35 heavy (non-hydrogen) atoms. The minimum absolute atomic E-state index is 0.251. The molecule has 0 spiro atoms. The van der Waals surface area contributed by atoms with Crippen molar-refractivity contribution in [2.45, 2.75) is 19.3 Å². The van der Waals surface area contributed by atoms with E-state index in [-0.39, 0.29) is 11.3 Å². The molecule has 1 heterocycles. The average Bonchev–Trinajstić information content (AvgIpc) is 3.35. The number of aryl methyl sites for hydroxylation is 1. The number of rotatable bonds is 6. The maximum absolute atomic E-state index is 13.1. The lowest BCUT2D eigenvalue weighted by molar-refractivity contribution is -0.119. The molecule has 1 aliphatic rings. The van der Waals surface area contributed by atoms with Gasteiger partial charge in [-0.2, -0.15) is 0 Å². The van der Waals surface area contributed by atoms with Crippen molar-refractivity contribution in [3.05, 3.63) is 106 Å². The Morgan fingerprint density at radius 3 is 2.54 bits per heavy atom. The van der Waals surface area contributed by atoms with Crippen molar-refractivity contribution in [3.8, 4) is 0 Å². The lowest BCUT2D eigenvalue weighted by Crippen LogP contribution is -2.23. The van der Waals surface area contributed by atoms with Crippen LogP contribution in [0.3, 0.4) is 0 Å². The quantitative estimate of drug-likeness (QED) is 0.292. The zero-order valence-corrected chi connectivity index (χ0v) is 19.5. The van der Waals surface area contributed by atoms with Gasteiger partial charge in [0.1, 0.15) is 0 Å². The summed E-state index contributed by atoms with van der Waals surface area (Å²) in [4.78, 5) is 43.4. The molecule has 1 amide bonds. The minimum Gasteiger partial charge on any atom is -0.452 e. The van der Waals surface area contributed by atoms with Crippen LogP contribution in [0.25, 0.3) is 10.9 Å². The lowest BCUT2D eigenvalue weighted by atomic mass is 10.0. The summed E-state index contributed by atoms with van der Waals surface area (Å²) in [6, 6.07) is 20.8. The number of carbonyl (C=O) groups is 3. The molecule has 1 aromatic heterocycles. The number of pyridine rings is 1. The molecular weight excluding hydrogens is 464 g/mol. The summed E-state index contributed by atoms with van der Waals surface area (Å²) >= 11 is 6.11. The Balaban J connectivity index is 1.34. The number of halogens is 1. The first-order valence-corrected chi connectivity index (χ1v) is 11.7. The van der Waals surface area contributed by atoms with Crippen molar-refractivity contribution < 1.29 is 19.1 Å². The Morgan fingerprint density at radius 1 is 0.943 bits per heavy atom. The van der Waals surface area contributed by atoms with Crippen LogP contribution in [0.5, 0.6) is 0 Å². The Kier molecular flexibility index (Phi) is 6.29. The van der Waals surface area contributed by atoms with Gasteiger partial charge in [0.15, 0.2) is 12.4 Å². The normalized spacial score (nSPS) is 12.3. The molecule has 4 aromatic rings. The fourth-order valence-electron chi connectivity index (χ4n) is 4.39. The van der Waals surface area contributed by atoms with Crippen LogP contribution in [0, 0.1) is 0 Å². The number of amides is 1. The van der Waals surface area contributed by atoms with Crippen LogP contribution in [-0.2, 0) is 22.4 Å². The number of hydrogen-bond donors (Lipinski definition) is 1. The summed E-state index contributed by atoms with van der Waals surface area (Å²) < 4.78 is 5.41. The molecule has 0 unspecified atom stereocenters. The molecule has 0 fully saturated rings. The van der Waals surface area contributed by atoms with E-state index in [9.17, 15) is 14.4 Å². The summed E-state index contributed by atoms with van der Waals surface area (Å²) in [6.07, 6.45) is 2.49. The van der Waals surface area contributed by atoms with E-state index in [0.717, 1.165) is 36.0 Å². The topological polar surface area (TPSA) is 85.4 Å². The molecule has 174 valence electrons. The number of ether oxygens (including phenoxy) is 1. The highest BCUT2D eigenvalue weighted by Gasteiger charge is 2.25. The molecular formula is C28H21ClN2O4. The van der Waals surface area contributed by atoms with E-state index >= 15 is 0 Å². The Hall–Kier alpha value is -4.03. The minimum atomic E-state index is -0.561. The monoisotopic (exact) mass is 484 g/mol. The van der Waals surface area contributed by atoms with E-state index in [4.69, 9.17) is 16.3 Å². The number of nitrogens with zero attached hydrogens (tertiary/aromatic N) is 1. The van der Waals surface area contributed by atoms with Crippen LogP contribution in [0.4, 0.5) is 5.69 Å². The van der Waals surface area contributed by atoms with E-state index in [1.807, 2.05) is 30.3 Å². The first-order chi connectivity index (χ1) is 17.0. The van der Waals surface area contributed by atoms with Gasteiger partial charge in [-0.3, -0.25) is 14.6 Å². The number of fused-ring (bicyclic) bond motifs is 2. The second kappa shape index (κ2) is 9.68. The molecule has 0 saturated carbocycles. The molecule has 1 aliphatic carbocycles. The SMILES string of the molecule is O=C(COC(=O)c1c2c(nc3ccccc13)CCC2)Nc1ccc(Cl)cc1C(=O)c1ccccc1. The van der Waals surface area contributed by atoms with Gasteiger partial charge in [-0.15, -0.1) is 0 Å². The van der Waals surface area contributed by atoms with Gasteiger partial charge in [-0.25, -0.2) is 4.79 Å². The van der Waals surface area contributed by atoms with Crippen LogP contribution in [0.15, 0.2) is 72.8 Å². The van der Waals surface area contributed by atoms with Crippen molar-refractivity contribution in [2.24, 2.45) is 0 Å². The molecule has 5 rings (SSSR count). The molecule has 0 aliphatic heterocycles. The van der Waals surface area contributed by atoms with Crippen molar-refractivity contribution in [1.29, 1.82) is 0 Å². The van der Waals surface area contributed by atoms with Crippen LogP contribution in [0.1, 0.15) is 44.0 Å². The number of aromatic nitrogens is 1. The largest absolute Gasteiger partial charge is 0.452 e. The van der Waals surface area contributed by atoms with Crippen molar-refractivity contribution in [2.75, 3.05) is 11.9 Å². The highest BCUT2D eigenvalue weighted by Crippen LogP contribution is 2.30. The third-order valence-electron chi connectivity index (χ3n) is 5.99. The van der Waals surface area contributed by atoms with Gasteiger partial charge < -0.3 is 10.1 Å². The highest BCUT2D eigenvalue weighted by atomic mass is 35.5. The lowest BCUT2D eigenvalue weighted by Gasteiger charge is -2.13. The zero-order chi connectivity index (χ0) is 24.4. The van der Waals surface area contributed by atoms with E-state index in [2.05, 4.69) is 10.3 Å². The Labute approximate surface area is 206 Å². The Bertz CT molecular complexity index is 1470. The van der Waals surface area contributed by atoms with Crippen LogP contribution in [-0.4, -0.2) is 29.3 Å². The van der Waals surface area contributed by atoms with Gasteiger partial charge in [0.05, 0.1) is 16.8 Å². The summed E-state index contributed by atoms with van der Waals surface area (Å²) in [5.41, 5.74) is 4.01. The third-order valence-corrected chi connectivity index (χ3v) is 6.23. The molecule has 0 saturated heterocycles. The number of para-hydroxylation sites is 1. The number of esters is 1. The Morgan fingerprint density at radius 2 is 1.71 bits per heavy atom. The predicted molar refractivity (Wildman–Crippen MR) is 134 cm³/mol. The number of anilines is 1. The van der Waals surface area contributed by atoms with Crippen molar-refractivity contribution in [1.82, 2.24) is 4.98 Å². The highest BCUT2D eigenvalue weighted by molar-refractivity contribution is 6.31. The predicted octanol–water partition coefficient (Wildman–Crippen LogP) is 5.40. The fourth-order valence-corrected chi connectivity index (χ4v) is 4.56. The van der Waals surface area contributed by atoms with Crippen molar-refractivity contribution in [3.63, 3.8) is 0 Å². The van der Waals surface area contributed by atoms with Gasteiger partial charge in [0, 0.05) is 27.2 Å². The van der Waals surface area contributed by atoms with Gasteiger partial charge in [0.2, 0.25) is 0 Å². The summed E-state index contributed by atoms with van der Waals surface area (Å²) in [5.74, 6) is -1.40. The molecule has 6 nitrogen and oxygen atoms in total. The molecule has 3 aromatic carbocycles. The van der Waals surface area contributed by atoms with E-state index in [0.29, 0.717) is 27.2 Å². The smallest absolute Gasteiger partial charge is 0.339 e. The number of nitrogens with one attached hydrogen (secondary N) is 1. The first-order valence-electron chi connectivity index (χ1n) is 11.3. The van der Waals surface area contributed by atoms with Gasteiger partial charge in [0.25, 0.3) is 5.91 Å². The molecule has 0 atom stereocenters. The van der Waals surface area contributed by atoms with Crippen LogP contribution < -0.4 is 5.32 Å². The van der Waals surface area contributed by atoms with Gasteiger partial charge in [-0.05, 0) is 49.1 Å². The average molecular weight is 485 g/mol. The maximum atomic E-state index is 13.1. The second-order valence-corrected chi connectivity index (χ2v) is 8.73. The number of hydrogen-bond acceptors (Lipinski definition) is 5. The molecule has 1 N–H and O–H groups in total. The van der Waals surface area contributed by atoms with Gasteiger partial charge >= 0.3 is 5.97 Å². The standard InChI is InChI=1S/C28H21ClN2O4/c29-18-13-14-24(21(15-18)27(33)17-7-2-1-3-8-17)31-25(32)16-35-28(34)26-19-9-4-5-11-22(19)30-23-12-6-10-20(23)26/h1-5,7-9,11,13-15H,6,10,12,16H2,(H,31,32). The molecule has 7 heteroatoms. The fraction of sp³-hybridized carbons (Fsp3) is 0.143. The number of ketones is 1. The van der Waals surface area contributed by atoms with Crippen LogP contribution in [0.2, 0.25) is 5.02 Å². The summed E-state index contributed by atoms with van der Waals surface area (Å²) in [5, 5.41) is 3.76. The maximum Gasteiger partial charge on any atom is 0.339 e. The molecule has 0 radical (unpaired) electrons. The van der Waals surface area contributed by atoms with Crippen LogP contribution >= 0.6 is 11.6 Å². The summed E-state index contributed by atoms with van der Waals surface area (Å²) in [7, 11) is 0. The first kappa shape index (κ1) is 22.7. The van der Waals surface area contributed by atoms with E-state index < -0.39 is 18.5 Å². The van der Waals surface area contributed by atoms with Crippen molar-refractivity contribution >= 4 is 45.9 Å². The second-order valence-electron chi connectivity index (χ2n) is 8.29. The molecule has 0 bridgehead atoms. The third kappa shape index (κ3) is 4.66. The number of carbonyl (C=O) groups excluding carboxylic acids is 3. The van der Waals surface area contributed by atoms with E-state index in [1.165, 1.54) is 6.07 Å². The number of benzene rings is 3. The van der Waals surface area contributed by atoms with E-state index in [1.54, 1.807) is 36.4 Å². The zero-order valence-electron chi connectivity index (χ0n) is 18.7.